The molecule has 94 valence electrons. The van der Waals surface area contributed by atoms with Crippen LogP contribution in [0.2, 0.25) is 0 Å². The molecular formula is C8H4F5NO3. The predicted octanol–water partition coefficient (Wildman–Crippen LogP) is 2.44. The topological polar surface area (TPSA) is 70.4 Å². The maximum Gasteiger partial charge on any atom is 0.420 e. The van der Waals surface area contributed by atoms with E-state index in [9.17, 15) is 26.7 Å². The number of carboxylic acid groups (broad SMARTS) is 1. The van der Waals surface area contributed by atoms with E-state index in [0.717, 1.165) is 0 Å². The molecule has 0 bridgehead atoms. The smallest absolute Gasteiger partial charge is 0.420 e. The number of rotatable bonds is 2. The first-order chi connectivity index (χ1) is 7.66. The van der Waals surface area contributed by atoms with Gasteiger partial charge < -0.3 is 10.2 Å². The van der Waals surface area contributed by atoms with Crippen molar-refractivity contribution in [1.29, 1.82) is 0 Å². The zero-order valence-corrected chi connectivity index (χ0v) is 7.79. The van der Waals surface area contributed by atoms with Gasteiger partial charge in [0.25, 0.3) is 6.43 Å². The summed E-state index contributed by atoms with van der Waals surface area (Å²) < 4.78 is 62.1. The Kier molecular flexibility index (Phi) is 3.21. The van der Waals surface area contributed by atoms with Gasteiger partial charge in [0.2, 0.25) is 0 Å². The Morgan fingerprint density at radius 2 is 1.88 bits per heavy atom. The number of hydrogen-bond donors (Lipinski definition) is 2. The summed E-state index contributed by atoms with van der Waals surface area (Å²) in [6, 6.07) is 0. The van der Waals surface area contributed by atoms with Crippen LogP contribution in [0.3, 0.4) is 0 Å². The lowest BCUT2D eigenvalue weighted by molar-refractivity contribution is -0.140. The normalized spacial score (nSPS) is 11.9. The van der Waals surface area contributed by atoms with E-state index in [1.165, 1.54) is 0 Å². The lowest BCUT2D eigenvalue weighted by Gasteiger charge is -2.15. The van der Waals surface area contributed by atoms with Crippen molar-refractivity contribution in [3.63, 3.8) is 0 Å². The maximum absolute atomic E-state index is 12.4. The molecule has 0 amide bonds. The van der Waals surface area contributed by atoms with Crippen molar-refractivity contribution in [1.82, 2.24) is 4.98 Å². The molecule has 0 saturated carbocycles. The van der Waals surface area contributed by atoms with E-state index in [1.54, 1.807) is 0 Å². The summed E-state index contributed by atoms with van der Waals surface area (Å²) in [6.07, 6.45) is -8.86. The Morgan fingerprint density at radius 3 is 2.24 bits per heavy atom. The molecule has 1 rings (SSSR count). The van der Waals surface area contributed by atoms with Crippen LogP contribution < -0.4 is 0 Å². The number of aromatic nitrogens is 1. The van der Waals surface area contributed by atoms with Crippen molar-refractivity contribution in [2.24, 2.45) is 0 Å². The standard InChI is InChI=1S/C8H4F5NO3/c9-6(10)3-4(8(11,12)13)2(15)1-14-5(3)7(16)17/h1,6,15H,(H,16,17). The molecule has 1 aromatic rings. The second-order valence-corrected chi connectivity index (χ2v) is 2.88. The number of alkyl halides is 5. The van der Waals surface area contributed by atoms with Gasteiger partial charge in [-0.05, 0) is 0 Å². The van der Waals surface area contributed by atoms with Gasteiger partial charge in [-0.2, -0.15) is 13.2 Å². The summed E-state index contributed by atoms with van der Waals surface area (Å²) in [5.74, 6) is -3.58. The van der Waals surface area contributed by atoms with E-state index in [-0.39, 0.29) is 6.20 Å². The quantitative estimate of drug-likeness (QED) is 0.798. The second kappa shape index (κ2) is 4.15. The van der Waals surface area contributed by atoms with Crippen LogP contribution in [-0.4, -0.2) is 21.2 Å². The summed E-state index contributed by atoms with van der Waals surface area (Å²) in [6.45, 7) is 0. The fraction of sp³-hybridized carbons (Fsp3) is 0.250. The van der Waals surface area contributed by atoms with Crippen molar-refractivity contribution in [3.05, 3.63) is 23.0 Å². The number of carboxylic acids is 1. The largest absolute Gasteiger partial charge is 0.506 e. The van der Waals surface area contributed by atoms with Gasteiger partial charge in [-0.1, -0.05) is 0 Å². The Bertz CT molecular complexity index is 457. The molecule has 17 heavy (non-hydrogen) atoms. The van der Waals surface area contributed by atoms with Crippen LogP contribution in [0, 0.1) is 0 Å². The molecule has 0 aliphatic rings. The average Bonchev–Trinajstić information content (AvgIpc) is 2.14. The van der Waals surface area contributed by atoms with E-state index >= 15 is 0 Å². The minimum absolute atomic E-state index is 0.165. The van der Waals surface area contributed by atoms with Gasteiger partial charge >= 0.3 is 12.1 Å². The van der Waals surface area contributed by atoms with Crippen LogP contribution >= 0.6 is 0 Å². The second-order valence-electron chi connectivity index (χ2n) is 2.88. The Hall–Kier alpha value is -1.93. The van der Waals surface area contributed by atoms with Crippen molar-refractivity contribution >= 4 is 5.97 Å². The summed E-state index contributed by atoms with van der Waals surface area (Å²) in [4.78, 5) is 13.3. The first-order valence-corrected chi connectivity index (χ1v) is 3.96. The molecule has 0 aliphatic heterocycles. The van der Waals surface area contributed by atoms with Crippen molar-refractivity contribution in [2.45, 2.75) is 12.6 Å². The monoisotopic (exact) mass is 257 g/mol. The number of carbonyl (C=O) groups is 1. The summed E-state index contributed by atoms with van der Waals surface area (Å²) >= 11 is 0. The summed E-state index contributed by atoms with van der Waals surface area (Å²) in [5.41, 5.74) is -5.37. The van der Waals surface area contributed by atoms with Gasteiger partial charge in [0.05, 0.1) is 11.8 Å². The summed E-state index contributed by atoms with van der Waals surface area (Å²) in [5, 5.41) is 17.3. The lowest BCUT2D eigenvalue weighted by Crippen LogP contribution is -2.16. The molecule has 1 aromatic heterocycles. The molecule has 4 nitrogen and oxygen atoms in total. The van der Waals surface area contributed by atoms with E-state index < -0.39 is 41.1 Å². The molecule has 0 unspecified atom stereocenters. The van der Waals surface area contributed by atoms with E-state index in [0.29, 0.717) is 0 Å². The molecule has 1 heterocycles. The third kappa shape index (κ3) is 2.43. The number of hydrogen-bond acceptors (Lipinski definition) is 3. The molecule has 0 atom stereocenters. The van der Waals surface area contributed by atoms with Gasteiger partial charge in [0.1, 0.15) is 11.3 Å². The van der Waals surface area contributed by atoms with Crippen LogP contribution in [0.4, 0.5) is 22.0 Å². The van der Waals surface area contributed by atoms with Gasteiger partial charge in [0, 0.05) is 0 Å². The maximum atomic E-state index is 12.4. The third-order valence-electron chi connectivity index (χ3n) is 1.80. The minimum atomic E-state index is -5.30. The van der Waals surface area contributed by atoms with Crippen LogP contribution in [0.5, 0.6) is 5.75 Å². The first kappa shape index (κ1) is 13.1. The third-order valence-corrected chi connectivity index (χ3v) is 1.80. The molecule has 9 heteroatoms. The Morgan fingerprint density at radius 1 is 1.35 bits per heavy atom. The number of nitrogens with zero attached hydrogens (tertiary/aromatic N) is 1. The van der Waals surface area contributed by atoms with Gasteiger partial charge in [-0.3, -0.25) is 0 Å². The highest BCUT2D eigenvalue weighted by molar-refractivity contribution is 5.88. The predicted molar refractivity (Wildman–Crippen MR) is 42.8 cm³/mol. The molecule has 0 radical (unpaired) electrons. The van der Waals surface area contributed by atoms with Gasteiger partial charge in [-0.15, -0.1) is 0 Å². The van der Waals surface area contributed by atoms with Crippen molar-refractivity contribution < 1.29 is 37.0 Å². The fourth-order valence-electron chi connectivity index (χ4n) is 1.20. The highest BCUT2D eigenvalue weighted by Gasteiger charge is 2.41. The molecule has 0 saturated heterocycles. The highest BCUT2D eigenvalue weighted by Crippen LogP contribution is 2.42. The van der Waals surface area contributed by atoms with Crippen molar-refractivity contribution in [2.75, 3.05) is 0 Å². The molecular weight excluding hydrogens is 253 g/mol. The van der Waals surface area contributed by atoms with E-state index in [1.807, 2.05) is 0 Å². The average molecular weight is 257 g/mol. The molecule has 0 spiro atoms. The zero-order valence-electron chi connectivity index (χ0n) is 7.79. The number of aromatic hydroxyl groups is 1. The van der Waals surface area contributed by atoms with Crippen LogP contribution in [0.25, 0.3) is 0 Å². The number of pyridine rings is 1. The zero-order chi connectivity index (χ0) is 13.4. The Balaban J connectivity index is 3.67. The van der Waals surface area contributed by atoms with E-state index in [2.05, 4.69) is 4.98 Å². The molecule has 0 aliphatic carbocycles. The number of aromatic carboxylic acids is 1. The van der Waals surface area contributed by atoms with E-state index in [4.69, 9.17) is 10.2 Å². The van der Waals surface area contributed by atoms with Gasteiger partial charge in [-0.25, -0.2) is 18.6 Å². The highest BCUT2D eigenvalue weighted by atomic mass is 19.4. The van der Waals surface area contributed by atoms with Gasteiger partial charge in [0.15, 0.2) is 5.69 Å². The van der Waals surface area contributed by atoms with Crippen molar-refractivity contribution in [3.8, 4) is 5.75 Å². The molecule has 0 fully saturated rings. The fourth-order valence-corrected chi connectivity index (χ4v) is 1.20. The number of halogens is 5. The van der Waals surface area contributed by atoms with Crippen LogP contribution in [0.15, 0.2) is 6.20 Å². The van der Waals surface area contributed by atoms with Crippen LogP contribution in [0.1, 0.15) is 28.0 Å². The lowest BCUT2D eigenvalue weighted by atomic mass is 10.1. The Labute approximate surface area is 90.3 Å². The molecule has 0 aromatic carbocycles. The van der Waals surface area contributed by atoms with Crippen LogP contribution in [-0.2, 0) is 6.18 Å². The molecule has 2 N–H and O–H groups in total. The summed E-state index contributed by atoms with van der Waals surface area (Å²) in [7, 11) is 0. The SMILES string of the molecule is O=C(O)c1ncc(O)c(C(F)(F)F)c1C(F)F. The minimum Gasteiger partial charge on any atom is -0.506 e. The first-order valence-electron chi connectivity index (χ1n) is 3.96.